The van der Waals surface area contributed by atoms with Crippen LogP contribution in [0.2, 0.25) is 0 Å². The van der Waals surface area contributed by atoms with Crippen molar-refractivity contribution in [3.63, 3.8) is 0 Å². The summed E-state index contributed by atoms with van der Waals surface area (Å²) in [7, 11) is 0. The number of aryl methyl sites for hydroxylation is 2. The highest BCUT2D eigenvalue weighted by Crippen LogP contribution is 2.49. The molecule has 0 unspecified atom stereocenters. The Balaban J connectivity index is 1.27. The summed E-state index contributed by atoms with van der Waals surface area (Å²) >= 11 is 0. The van der Waals surface area contributed by atoms with E-state index in [9.17, 15) is 10.5 Å². The van der Waals surface area contributed by atoms with Gasteiger partial charge < -0.3 is 9.13 Å². The van der Waals surface area contributed by atoms with E-state index in [2.05, 4.69) is 114 Å². The largest absolute Gasteiger partial charge is 0.417 e. The Bertz CT molecular complexity index is 3870. The minimum Gasteiger partial charge on any atom is -0.309 e. The molecule has 0 atom stereocenters. The van der Waals surface area contributed by atoms with Gasteiger partial charge in [-0.05, 0) is 114 Å². The Morgan fingerprint density at radius 2 is 0.909 bits per heavy atom. The summed E-state index contributed by atoms with van der Waals surface area (Å²) in [5.74, 6) is 0. The van der Waals surface area contributed by atoms with Crippen molar-refractivity contribution in [2.45, 2.75) is 20.0 Å². The van der Waals surface area contributed by atoms with Gasteiger partial charge in [-0.25, -0.2) is 0 Å². The lowest BCUT2D eigenvalue weighted by Crippen LogP contribution is -2.09. The third-order valence-electron chi connectivity index (χ3n) is 12.7. The van der Waals surface area contributed by atoms with E-state index in [1.807, 2.05) is 72.8 Å². The Morgan fingerprint density at radius 3 is 1.44 bits per heavy atom. The molecule has 11 rings (SSSR count). The molecule has 0 saturated carbocycles. The van der Waals surface area contributed by atoms with E-state index in [-0.39, 0.29) is 22.3 Å². The number of nitrogens with zero attached hydrogens (tertiary/aromatic N) is 4. The molecule has 0 spiro atoms. The Hall–Kier alpha value is -8.65. The van der Waals surface area contributed by atoms with Crippen molar-refractivity contribution in [2.24, 2.45) is 0 Å². The molecule has 314 valence electrons. The van der Waals surface area contributed by atoms with E-state index in [1.54, 1.807) is 18.2 Å². The van der Waals surface area contributed by atoms with Gasteiger partial charge in [0.1, 0.15) is 0 Å². The van der Waals surface area contributed by atoms with Crippen LogP contribution in [0.15, 0.2) is 188 Å². The smallest absolute Gasteiger partial charge is 0.309 e. The predicted molar refractivity (Wildman–Crippen MR) is 261 cm³/mol. The molecule has 0 saturated heterocycles. The highest BCUT2D eigenvalue weighted by atomic mass is 19.4. The van der Waals surface area contributed by atoms with Gasteiger partial charge in [0.15, 0.2) is 0 Å². The molecule has 2 aromatic heterocycles. The number of hydrogen-bond donors (Lipinski definition) is 0. The average Bonchev–Trinajstić information content (AvgIpc) is 3.85. The standard InChI is InChI=1S/C59H37F3N4/c1-36-11-7-13-39(29-36)41-24-27-53-48(32-41)45-16-3-5-19-51(45)65(53)55-21-9-15-43(35-64)57(55)58-47(44-26-23-38(34-63)31-50(44)59(60,61)62)18-10-22-56(58)66-52-20-6-4-17-46(52)49-33-42(25-28-54(49)66)40-14-8-12-37(2)30-40/h3-33H,1-2H3. The van der Waals surface area contributed by atoms with Crippen LogP contribution in [0.4, 0.5) is 13.2 Å². The van der Waals surface area contributed by atoms with Crippen LogP contribution in [-0.4, -0.2) is 9.13 Å². The van der Waals surface area contributed by atoms with Crippen LogP contribution in [-0.2, 0) is 6.18 Å². The molecule has 0 amide bonds. The molecule has 2 heterocycles. The molecule has 0 aliphatic heterocycles. The van der Waals surface area contributed by atoms with Crippen molar-refractivity contribution in [2.75, 3.05) is 0 Å². The molecule has 7 heteroatoms. The van der Waals surface area contributed by atoms with Crippen molar-refractivity contribution in [1.82, 2.24) is 9.13 Å². The molecule has 4 nitrogen and oxygen atoms in total. The van der Waals surface area contributed by atoms with E-state index in [0.717, 1.165) is 83.1 Å². The van der Waals surface area contributed by atoms with Gasteiger partial charge in [-0.2, -0.15) is 23.7 Å². The van der Waals surface area contributed by atoms with Crippen LogP contribution in [0.5, 0.6) is 0 Å². The fraction of sp³-hybridized carbons (Fsp3) is 0.0508. The molecule has 9 aromatic carbocycles. The van der Waals surface area contributed by atoms with E-state index in [4.69, 9.17) is 0 Å². The second kappa shape index (κ2) is 15.6. The second-order valence-corrected chi connectivity index (χ2v) is 16.8. The summed E-state index contributed by atoms with van der Waals surface area (Å²) in [5.41, 5.74) is 11.5. The van der Waals surface area contributed by atoms with Gasteiger partial charge in [0.05, 0.1) is 62.3 Å². The minimum atomic E-state index is -4.81. The maximum absolute atomic E-state index is 15.4. The highest BCUT2D eigenvalue weighted by Gasteiger charge is 2.36. The Kier molecular flexibility index (Phi) is 9.46. The molecule has 0 N–H and O–H groups in total. The third-order valence-corrected chi connectivity index (χ3v) is 12.7. The van der Waals surface area contributed by atoms with Crippen molar-refractivity contribution in [1.29, 1.82) is 10.5 Å². The van der Waals surface area contributed by atoms with Crippen LogP contribution < -0.4 is 0 Å². The fourth-order valence-corrected chi connectivity index (χ4v) is 9.85. The van der Waals surface area contributed by atoms with Gasteiger partial charge in [-0.1, -0.05) is 132 Å². The normalized spacial score (nSPS) is 11.7. The van der Waals surface area contributed by atoms with Crippen LogP contribution in [0.3, 0.4) is 0 Å². The minimum absolute atomic E-state index is 0.107. The van der Waals surface area contributed by atoms with Gasteiger partial charge in [0.2, 0.25) is 0 Å². The number of fused-ring (bicyclic) bond motifs is 6. The van der Waals surface area contributed by atoms with Crippen molar-refractivity contribution in [3.8, 4) is 68.0 Å². The number of rotatable bonds is 6. The number of benzene rings is 9. The fourth-order valence-electron chi connectivity index (χ4n) is 9.85. The SMILES string of the molecule is Cc1cccc(-c2ccc3c(c2)c2ccccc2n3-c2cccc(C#N)c2-c2c(-c3ccc(C#N)cc3C(F)(F)F)cccc2-n2c3ccccc3c3cc(-c4cccc(C)c4)ccc32)c1. The van der Waals surface area contributed by atoms with Gasteiger partial charge >= 0.3 is 6.18 Å². The molecule has 11 aromatic rings. The topological polar surface area (TPSA) is 57.4 Å². The first-order valence-electron chi connectivity index (χ1n) is 21.6. The first-order valence-corrected chi connectivity index (χ1v) is 21.6. The van der Waals surface area contributed by atoms with Gasteiger partial charge in [-0.15, -0.1) is 0 Å². The molecular formula is C59H37F3N4. The lowest BCUT2D eigenvalue weighted by Gasteiger charge is -2.24. The van der Waals surface area contributed by atoms with E-state index >= 15 is 13.2 Å². The third kappa shape index (κ3) is 6.52. The van der Waals surface area contributed by atoms with Crippen molar-refractivity contribution >= 4 is 43.6 Å². The first kappa shape index (κ1) is 40.1. The van der Waals surface area contributed by atoms with E-state index < -0.39 is 11.7 Å². The molecule has 0 fully saturated rings. The molecule has 0 radical (unpaired) electrons. The summed E-state index contributed by atoms with van der Waals surface area (Å²) in [4.78, 5) is 0. The number of para-hydroxylation sites is 2. The zero-order valence-electron chi connectivity index (χ0n) is 35.8. The van der Waals surface area contributed by atoms with Gasteiger partial charge in [-0.3, -0.25) is 0 Å². The first-order chi connectivity index (χ1) is 32.1. The Labute approximate surface area is 378 Å². The molecule has 0 bridgehead atoms. The zero-order chi connectivity index (χ0) is 45.3. The summed E-state index contributed by atoms with van der Waals surface area (Å²) in [6, 6.07) is 64.5. The number of hydrogen-bond acceptors (Lipinski definition) is 2. The van der Waals surface area contributed by atoms with Crippen molar-refractivity contribution in [3.05, 3.63) is 216 Å². The summed E-state index contributed by atoms with van der Waals surface area (Å²) in [6.07, 6.45) is -4.81. The quantitative estimate of drug-likeness (QED) is 0.167. The lowest BCUT2D eigenvalue weighted by atomic mass is 9.86. The number of halogens is 3. The summed E-state index contributed by atoms with van der Waals surface area (Å²) < 4.78 is 50.4. The zero-order valence-corrected chi connectivity index (χ0v) is 35.8. The number of aromatic nitrogens is 2. The van der Waals surface area contributed by atoms with Crippen LogP contribution in [0.25, 0.3) is 99.5 Å². The van der Waals surface area contributed by atoms with Crippen LogP contribution >= 0.6 is 0 Å². The molecule has 0 aliphatic rings. The van der Waals surface area contributed by atoms with Gasteiger partial charge in [0.25, 0.3) is 0 Å². The van der Waals surface area contributed by atoms with Crippen molar-refractivity contribution < 1.29 is 13.2 Å². The predicted octanol–water partition coefficient (Wildman–Crippen LogP) is 15.9. The molecular weight excluding hydrogens is 822 g/mol. The molecule has 0 aliphatic carbocycles. The maximum atomic E-state index is 15.4. The number of nitriles is 2. The van der Waals surface area contributed by atoms with Crippen LogP contribution in [0, 0.1) is 36.5 Å². The summed E-state index contributed by atoms with van der Waals surface area (Å²) in [6.45, 7) is 4.14. The monoisotopic (exact) mass is 858 g/mol. The number of alkyl halides is 3. The Morgan fingerprint density at radius 1 is 0.409 bits per heavy atom. The average molecular weight is 859 g/mol. The van der Waals surface area contributed by atoms with E-state index in [0.29, 0.717) is 22.5 Å². The summed E-state index contributed by atoms with van der Waals surface area (Å²) in [5, 5.41) is 24.9. The second-order valence-electron chi connectivity index (χ2n) is 16.8. The maximum Gasteiger partial charge on any atom is 0.417 e. The van der Waals surface area contributed by atoms with E-state index in [1.165, 1.54) is 12.1 Å². The molecule has 66 heavy (non-hydrogen) atoms. The highest BCUT2D eigenvalue weighted by molar-refractivity contribution is 6.13. The lowest BCUT2D eigenvalue weighted by molar-refractivity contribution is -0.137. The van der Waals surface area contributed by atoms with Gasteiger partial charge in [0, 0.05) is 32.7 Å². The van der Waals surface area contributed by atoms with Crippen LogP contribution in [0.1, 0.15) is 27.8 Å².